The molecular formula is C10H17NO2P+. The molecular weight excluding hydrogens is 197 g/mol. The quantitative estimate of drug-likeness (QED) is 0.563. The van der Waals surface area contributed by atoms with Crippen molar-refractivity contribution in [2.24, 2.45) is 7.05 Å². The lowest BCUT2D eigenvalue weighted by Crippen LogP contribution is -2.28. The molecule has 0 radical (unpaired) electrons. The van der Waals surface area contributed by atoms with Crippen molar-refractivity contribution in [2.75, 3.05) is 6.66 Å². The molecule has 1 heterocycles. The topological polar surface area (TPSA) is 30.2 Å². The van der Waals surface area contributed by atoms with Crippen LogP contribution < -0.4 is 9.87 Å². The maximum Gasteiger partial charge on any atom is 0.229 e. The summed E-state index contributed by atoms with van der Waals surface area (Å²) in [7, 11) is -0.710. The third-order valence-corrected chi connectivity index (χ3v) is 3.90. The SMILES string of the molecule is CC(C)OP(C)(=O)c1cc[n+](C)cc1. The molecule has 0 spiro atoms. The van der Waals surface area contributed by atoms with E-state index in [4.69, 9.17) is 4.52 Å². The van der Waals surface area contributed by atoms with Gasteiger partial charge in [0.15, 0.2) is 12.4 Å². The zero-order valence-corrected chi connectivity index (χ0v) is 9.99. The number of hydrogen-bond acceptors (Lipinski definition) is 2. The zero-order chi connectivity index (χ0) is 10.8. The van der Waals surface area contributed by atoms with E-state index in [-0.39, 0.29) is 6.10 Å². The van der Waals surface area contributed by atoms with Gasteiger partial charge < -0.3 is 4.52 Å². The molecule has 0 N–H and O–H groups in total. The molecule has 0 fully saturated rings. The Morgan fingerprint density at radius 2 is 1.86 bits per heavy atom. The van der Waals surface area contributed by atoms with Crippen LogP contribution in [0.15, 0.2) is 24.5 Å². The van der Waals surface area contributed by atoms with E-state index in [1.54, 1.807) is 6.66 Å². The lowest BCUT2D eigenvalue weighted by Gasteiger charge is -2.15. The summed E-state index contributed by atoms with van der Waals surface area (Å²) in [5, 5.41) is 0.768. The van der Waals surface area contributed by atoms with Gasteiger partial charge in [0.1, 0.15) is 7.05 Å². The number of pyridine rings is 1. The van der Waals surface area contributed by atoms with E-state index in [0.717, 1.165) is 5.30 Å². The van der Waals surface area contributed by atoms with Gasteiger partial charge in [-0.05, 0) is 13.8 Å². The Balaban J connectivity index is 2.92. The molecule has 3 nitrogen and oxygen atoms in total. The van der Waals surface area contributed by atoms with Crippen molar-refractivity contribution in [3.63, 3.8) is 0 Å². The van der Waals surface area contributed by atoms with Gasteiger partial charge in [0.05, 0.1) is 6.10 Å². The fraction of sp³-hybridized carbons (Fsp3) is 0.500. The average Bonchev–Trinajstić information content (AvgIpc) is 2.02. The molecule has 1 aromatic rings. The highest BCUT2D eigenvalue weighted by atomic mass is 31.2. The third-order valence-electron chi connectivity index (χ3n) is 1.84. The summed E-state index contributed by atoms with van der Waals surface area (Å²) < 4.78 is 19.4. The first-order valence-corrected chi connectivity index (χ1v) is 6.71. The number of aryl methyl sites for hydroxylation is 1. The number of nitrogens with zero attached hydrogens (tertiary/aromatic N) is 1. The molecule has 4 heteroatoms. The summed E-state index contributed by atoms with van der Waals surface area (Å²) in [4.78, 5) is 0. The molecule has 1 rings (SSSR count). The molecule has 0 amide bonds. The van der Waals surface area contributed by atoms with Crippen LogP contribution in [0.2, 0.25) is 0 Å². The second-order valence-electron chi connectivity index (χ2n) is 3.72. The molecule has 14 heavy (non-hydrogen) atoms. The van der Waals surface area contributed by atoms with Gasteiger partial charge in [-0.3, -0.25) is 4.57 Å². The zero-order valence-electron chi connectivity index (χ0n) is 9.10. The van der Waals surface area contributed by atoms with E-state index < -0.39 is 7.37 Å². The predicted octanol–water partition coefficient (Wildman–Crippen LogP) is 1.47. The smallest absolute Gasteiger partial charge is 0.229 e. The Labute approximate surface area is 85.2 Å². The molecule has 1 aromatic heterocycles. The Hall–Kier alpha value is -0.660. The first kappa shape index (κ1) is 11.4. The maximum atomic E-state index is 12.1. The number of hydrogen-bond donors (Lipinski definition) is 0. The molecule has 0 saturated heterocycles. The van der Waals surface area contributed by atoms with Crippen LogP contribution in [0.4, 0.5) is 0 Å². The highest BCUT2D eigenvalue weighted by molar-refractivity contribution is 7.66. The minimum atomic E-state index is -2.63. The van der Waals surface area contributed by atoms with Crippen LogP contribution in [-0.4, -0.2) is 12.8 Å². The molecule has 1 atom stereocenters. The lowest BCUT2D eigenvalue weighted by atomic mass is 10.5. The fourth-order valence-corrected chi connectivity index (χ4v) is 2.83. The van der Waals surface area contributed by atoms with Crippen molar-refractivity contribution in [1.82, 2.24) is 0 Å². The van der Waals surface area contributed by atoms with Gasteiger partial charge in [0, 0.05) is 24.1 Å². The van der Waals surface area contributed by atoms with Crippen molar-refractivity contribution in [2.45, 2.75) is 20.0 Å². The van der Waals surface area contributed by atoms with Gasteiger partial charge in [-0.2, -0.15) is 0 Å². The summed E-state index contributed by atoms with van der Waals surface area (Å²) in [5.41, 5.74) is 0. The van der Waals surface area contributed by atoms with E-state index in [0.29, 0.717) is 0 Å². The van der Waals surface area contributed by atoms with Crippen LogP contribution in [0.5, 0.6) is 0 Å². The van der Waals surface area contributed by atoms with Crippen molar-refractivity contribution >= 4 is 12.7 Å². The van der Waals surface area contributed by atoms with Gasteiger partial charge in [0.25, 0.3) is 0 Å². The van der Waals surface area contributed by atoms with Crippen LogP contribution in [-0.2, 0) is 16.1 Å². The van der Waals surface area contributed by atoms with Crippen molar-refractivity contribution < 1.29 is 13.7 Å². The third kappa shape index (κ3) is 2.93. The summed E-state index contributed by atoms with van der Waals surface area (Å²) >= 11 is 0. The summed E-state index contributed by atoms with van der Waals surface area (Å²) in [6, 6.07) is 3.67. The van der Waals surface area contributed by atoms with E-state index in [1.807, 2.05) is 50.0 Å². The predicted molar refractivity (Wildman–Crippen MR) is 57.0 cm³/mol. The van der Waals surface area contributed by atoms with Gasteiger partial charge in [-0.15, -0.1) is 0 Å². The minimum Gasteiger partial charge on any atom is -0.323 e. The minimum absolute atomic E-state index is 0.0141. The first-order valence-electron chi connectivity index (χ1n) is 4.63. The van der Waals surface area contributed by atoms with Crippen molar-refractivity contribution in [3.8, 4) is 0 Å². The molecule has 1 unspecified atom stereocenters. The van der Waals surface area contributed by atoms with E-state index in [1.165, 1.54) is 0 Å². The van der Waals surface area contributed by atoms with E-state index in [9.17, 15) is 4.57 Å². The molecule has 0 aliphatic rings. The molecule has 0 aliphatic carbocycles. The largest absolute Gasteiger partial charge is 0.323 e. The second-order valence-corrected chi connectivity index (χ2v) is 6.14. The molecule has 0 bridgehead atoms. The van der Waals surface area contributed by atoms with Gasteiger partial charge in [0.2, 0.25) is 7.37 Å². The first-order chi connectivity index (χ1) is 6.42. The summed E-state index contributed by atoms with van der Waals surface area (Å²) in [6.45, 7) is 5.43. The van der Waals surface area contributed by atoms with Gasteiger partial charge in [-0.1, -0.05) is 0 Å². The van der Waals surface area contributed by atoms with Crippen LogP contribution in [0.1, 0.15) is 13.8 Å². The van der Waals surface area contributed by atoms with Crippen LogP contribution in [0.3, 0.4) is 0 Å². The van der Waals surface area contributed by atoms with E-state index in [2.05, 4.69) is 0 Å². The van der Waals surface area contributed by atoms with Gasteiger partial charge in [-0.25, -0.2) is 4.57 Å². The monoisotopic (exact) mass is 214 g/mol. The molecule has 0 saturated carbocycles. The number of rotatable bonds is 3. The van der Waals surface area contributed by atoms with E-state index >= 15 is 0 Å². The van der Waals surface area contributed by atoms with Crippen molar-refractivity contribution in [1.29, 1.82) is 0 Å². The Morgan fingerprint density at radius 3 is 2.29 bits per heavy atom. The molecule has 0 aromatic carbocycles. The van der Waals surface area contributed by atoms with Crippen LogP contribution in [0, 0.1) is 0 Å². The summed E-state index contributed by atoms with van der Waals surface area (Å²) in [5.74, 6) is 0. The van der Waals surface area contributed by atoms with Crippen LogP contribution >= 0.6 is 7.37 Å². The standard InChI is InChI=1S/C10H17NO2P/c1-9(2)13-14(4,12)10-5-7-11(3)8-6-10/h5-9H,1-4H3/q+1. The number of aromatic nitrogens is 1. The Kier molecular flexibility index (Phi) is 3.46. The summed E-state index contributed by atoms with van der Waals surface area (Å²) in [6.07, 6.45) is 3.73. The average molecular weight is 214 g/mol. The second kappa shape index (κ2) is 4.24. The van der Waals surface area contributed by atoms with Gasteiger partial charge >= 0.3 is 0 Å². The fourth-order valence-electron chi connectivity index (χ4n) is 1.23. The normalized spacial score (nSPS) is 15.5. The van der Waals surface area contributed by atoms with Crippen molar-refractivity contribution in [3.05, 3.63) is 24.5 Å². The highest BCUT2D eigenvalue weighted by Gasteiger charge is 2.21. The Morgan fingerprint density at radius 1 is 1.36 bits per heavy atom. The molecule has 78 valence electrons. The lowest BCUT2D eigenvalue weighted by molar-refractivity contribution is -0.671. The molecule has 0 aliphatic heterocycles. The highest BCUT2D eigenvalue weighted by Crippen LogP contribution is 2.42. The maximum absolute atomic E-state index is 12.1. The Bertz CT molecular complexity index is 346. The van der Waals surface area contributed by atoms with Crippen LogP contribution in [0.25, 0.3) is 0 Å².